The number of fused-ring (bicyclic) bond motifs is 3. The Bertz CT molecular complexity index is 1550. The van der Waals surface area contributed by atoms with E-state index in [2.05, 4.69) is 15.3 Å². The van der Waals surface area contributed by atoms with Crippen LogP contribution in [0.4, 0.5) is 14.7 Å². The summed E-state index contributed by atoms with van der Waals surface area (Å²) in [4.78, 5) is 24.6. The van der Waals surface area contributed by atoms with Gasteiger partial charge in [0.25, 0.3) is 5.91 Å². The Morgan fingerprint density at radius 3 is 2.83 bits per heavy atom. The summed E-state index contributed by atoms with van der Waals surface area (Å²) in [5, 5.41) is 3.24. The molecule has 9 heteroatoms. The second-order valence-electron chi connectivity index (χ2n) is 9.54. The smallest absolute Gasteiger partial charge is 0.274 e. The van der Waals surface area contributed by atoms with E-state index in [1.807, 2.05) is 4.90 Å². The highest BCUT2D eigenvalue weighted by Crippen LogP contribution is 2.36. The van der Waals surface area contributed by atoms with Gasteiger partial charge in [-0.15, -0.1) is 0 Å². The lowest BCUT2D eigenvalue weighted by Gasteiger charge is -2.21. The minimum absolute atomic E-state index is 0.129. The molecule has 1 N–H and O–H groups in total. The lowest BCUT2D eigenvalue weighted by molar-refractivity contribution is 0.0742. The molecule has 4 heterocycles. The zero-order valence-corrected chi connectivity index (χ0v) is 19.4. The van der Waals surface area contributed by atoms with E-state index in [4.69, 9.17) is 4.74 Å². The van der Waals surface area contributed by atoms with E-state index in [0.717, 1.165) is 29.5 Å². The van der Waals surface area contributed by atoms with Crippen LogP contribution in [-0.4, -0.2) is 44.4 Å². The Kier molecular flexibility index (Phi) is 4.74. The van der Waals surface area contributed by atoms with Crippen molar-refractivity contribution in [3.63, 3.8) is 0 Å². The van der Waals surface area contributed by atoms with Crippen LogP contribution in [0.2, 0.25) is 0 Å². The third-order valence-corrected chi connectivity index (χ3v) is 7.36. The van der Waals surface area contributed by atoms with Crippen LogP contribution in [0.3, 0.4) is 0 Å². The number of nitrogens with zero attached hydrogens (tertiary/aromatic N) is 4. The zero-order valence-electron chi connectivity index (χ0n) is 19.4. The van der Waals surface area contributed by atoms with Gasteiger partial charge in [0.15, 0.2) is 5.69 Å². The second-order valence-corrected chi connectivity index (χ2v) is 9.54. The summed E-state index contributed by atoms with van der Waals surface area (Å²) in [6.45, 7) is 1.25. The number of hydrogen-bond acceptors (Lipinski definition) is 5. The molecule has 7 rings (SSSR count). The van der Waals surface area contributed by atoms with Crippen molar-refractivity contribution < 1.29 is 18.3 Å². The number of hydrogen-bond donors (Lipinski definition) is 1. The van der Waals surface area contributed by atoms with Crippen molar-refractivity contribution in [3.05, 3.63) is 76.9 Å². The summed E-state index contributed by atoms with van der Waals surface area (Å²) in [6, 6.07) is 7.97. The third-order valence-electron chi connectivity index (χ3n) is 7.36. The minimum atomic E-state index is -0.310. The van der Waals surface area contributed by atoms with Gasteiger partial charge in [-0.05, 0) is 54.7 Å². The van der Waals surface area contributed by atoms with Crippen molar-refractivity contribution in [2.75, 3.05) is 18.5 Å². The summed E-state index contributed by atoms with van der Waals surface area (Å²) in [6.07, 6.45) is 6.39. The van der Waals surface area contributed by atoms with Gasteiger partial charge >= 0.3 is 0 Å². The number of ether oxygens (including phenoxy) is 1. The number of amides is 1. The molecular formula is C27H23F2N5O2. The Hall–Kier alpha value is -4.01. The van der Waals surface area contributed by atoms with Crippen LogP contribution >= 0.6 is 0 Å². The highest BCUT2D eigenvalue weighted by molar-refractivity contribution is 6.04. The molecule has 2 aromatic heterocycles. The number of anilines is 1. The molecule has 2 aliphatic heterocycles. The van der Waals surface area contributed by atoms with Gasteiger partial charge in [0, 0.05) is 48.4 Å². The van der Waals surface area contributed by atoms with Crippen molar-refractivity contribution in [2.45, 2.75) is 38.3 Å². The molecule has 0 atom stereocenters. The van der Waals surface area contributed by atoms with Crippen LogP contribution in [0.25, 0.3) is 16.6 Å². The van der Waals surface area contributed by atoms with E-state index in [1.54, 1.807) is 29.1 Å². The molecule has 0 radical (unpaired) electrons. The largest absolute Gasteiger partial charge is 0.493 e. The van der Waals surface area contributed by atoms with E-state index in [0.29, 0.717) is 60.0 Å². The summed E-state index contributed by atoms with van der Waals surface area (Å²) < 4.78 is 36.2. The Morgan fingerprint density at radius 2 is 1.97 bits per heavy atom. The molecule has 3 aliphatic rings. The quantitative estimate of drug-likeness (QED) is 0.463. The standard InChI is InChI=1S/C27H23F2N5O2/c28-16-1-4-18-15(11-16)7-9-33(17-2-3-17)26(35)24-25-21(18)13-31-27(34(25)14-32-24)30-12-20-19-8-10-36-23(19)6-5-22(20)29/h1,4-6,11,13-14,17H,2-3,7-10,12H2,(H,30,31). The predicted molar refractivity (Wildman–Crippen MR) is 129 cm³/mol. The fourth-order valence-corrected chi connectivity index (χ4v) is 5.42. The van der Waals surface area contributed by atoms with E-state index in [9.17, 15) is 13.6 Å². The molecule has 182 valence electrons. The molecule has 1 amide bonds. The second kappa shape index (κ2) is 8.01. The van der Waals surface area contributed by atoms with Gasteiger partial charge in [0.1, 0.15) is 23.7 Å². The fraction of sp³-hybridized carbons (Fsp3) is 0.296. The summed E-state index contributed by atoms with van der Waals surface area (Å²) in [7, 11) is 0. The maximum Gasteiger partial charge on any atom is 0.274 e. The van der Waals surface area contributed by atoms with Crippen LogP contribution in [0.15, 0.2) is 42.9 Å². The predicted octanol–water partition coefficient (Wildman–Crippen LogP) is 4.38. The normalized spacial score (nSPS) is 16.7. The first-order valence-corrected chi connectivity index (χ1v) is 12.2. The topological polar surface area (TPSA) is 71.8 Å². The highest BCUT2D eigenvalue weighted by atomic mass is 19.1. The van der Waals surface area contributed by atoms with Crippen LogP contribution in [-0.2, 0) is 19.4 Å². The van der Waals surface area contributed by atoms with Gasteiger partial charge in [-0.3, -0.25) is 9.20 Å². The Balaban J connectivity index is 1.35. The number of benzene rings is 2. The number of rotatable bonds is 4. The first-order chi connectivity index (χ1) is 17.6. The van der Waals surface area contributed by atoms with Crippen molar-refractivity contribution in [2.24, 2.45) is 0 Å². The van der Waals surface area contributed by atoms with Crippen molar-refractivity contribution in [3.8, 4) is 16.9 Å². The summed E-state index contributed by atoms with van der Waals surface area (Å²) in [5.74, 6) is 0.408. The molecule has 0 unspecified atom stereocenters. The molecular weight excluding hydrogens is 464 g/mol. The van der Waals surface area contributed by atoms with E-state index in [-0.39, 0.29) is 30.1 Å². The highest BCUT2D eigenvalue weighted by Gasteiger charge is 2.36. The van der Waals surface area contributed by atoms with Crippen LogP contribution in [0.5, 0.6) is 5.75 Å². The van der Waals surface area contributed by atoms with Gasteiger partial charge in [0.05, 0.1) is 12.1 Å². The molecule has 36 heavy (non-hydrogen) atoms. The first kappa shape index (κ1) is 21.3. The monoisotopic (exact) mass is 487 g/mol. The maximum atomic E-state index is 14.7. The van der Waals surface area contributed by atoms with Gasteiger partial charge in [-0.2, -0.15) is 0 Å². The van der Waals surface area contributed by atoms with Gasteiger partial charge in [0.2, 0.25) is 5.95 Å². The third kappa shape index (κ3) is 3.33. The lowest BCUT2D eigenvalue weighted by Crippen LogP contribution is -2.35. The van der Waals surface area contributed by atoms with Gasteiger partial charge in [-0.1, -0.05) is 6.07 Å². The SMILES string of the molecule is O=C1c2ncn3c(NCc4c(F)ccc5c4CCO5)ncc(c23)-c2ccc(F)cc2CCN1C1CC1. The zero-order chi connectivity index (χ0) is 24.4. The van der Waals surface area contributed by atoms with Crippen molar-refractivity contribution >= 4 is 17.4 Å². The average Bonchev–Trinajstić information content (AvgIpc) is 3.41. The van der Waals surface area contributed by atoms with Gasteiger partial charge < -0.3 is 15.0 Å². The molecule has 1 saturated carbocycles. The average molecular weight is 488 g/mol. The van der Waals surface area contributed by atoms with E-state index >= 15 is 0 Å². The molecule has 0 bridgehead atoms. The molecule has 0 spiro atoms. The molecule has 1 fully saturated rings. The lowest BCUT2D eigenvalue weighted by atomic mass is 9.98. The van der Waals surface area contributed by atoms with Gasteiger partial charge in [-0.25, -0.2) is 18.7 Å². The van der Waals surface area contributed by atoms with Crippen molar-refractivity contribution in [1.29, 1.82) is 0 Å². The molecule has 1 aliphatic carbocycles. The van der Waals surface area contributed by atoms with Crippen LogP contribution < -0.4 is 10.1 Å². The Labute approximate surface area is 205 Å². The van der Waals surface area contributed by atoms with E-state index < -0.39 is 0 Å². The summed E-state index contributed by atoms with van der Waals surface area (Å²) in [5.41, 5.74) is 4.73. The molecule has 7 nitrogen and oxygen atoms in total. The van der Waals surface area contributed by atoms with E-state index in [1.165, 1.54) is 18.2 Å². The fourth-order valence-electron chi connectivity index (χ4n) is 5.42. The molecule has 2 aromatic carbocycles. The number of carbonyl (C=O) groups is 1. The number of imidazole rings is 1. The summed E-state index contributed by atoms with van der Waals surface area (Å²) >= 11 is 0. The van der Waals surface area contributed by atoms with Crippen molar-refractivity contribution in [1.82, 2.24) is 19.3 Å². The van der Waals surface area contributed by atoms with Crippen LogP contribution in [0, 0.1) is 11.6 Å². The molecule has 4 aromatic rings. The Morgan fingerprint density at radius 1 is 1.08 bits per heavy atom. The number of carbonyl (C=O) groups excluding carboxylic acids is 1. The number of nitrogens with one attached hydrogen (secondary N) is 1. The maximum absolute atomic E-state index is 14.7. The van der Waals surface area contributed by atoms with Crippen LogP contribution in [0.1, 0.15) is 40.0 Å². The minimum Gasteiger partial charge on any atom is -0.493 e. The number of halogens is 2. The first-order valence-electron chi connectivity index (χ1n) is 12.2. The number of aromatic nitrogens is 3. The molecule has 0 saturated heterocycles.